The van der Waals surface area contributed by atoms with Crippen molar-refractivity contribution in [1.29, 1.82) is 0 Å². The van der Waals surface area contributed by atoms with Crippen LogP contribution in [0.2, 0.25) is 0 Å². The number of rotatable bonds is 2. The number of thiocarbonyl (C=S) groups is 2. The molecule has 0 bridgehead atoms. The lowest BCUT2D eigenvalue weighted by molar-refractivity contribution is 1.16. The monoisotopic (exact) mass is 502 g/mol. The van der Waals surface area contributed by atoms with E-state index in [-0.39, 0.29) is 0 Å². The molecule has 0 saturated heterocycles. The Morgan fingerprint density at radius 3 is 1.51 bits per heavy atom. The molecule has 2 aliphatic rings. The second kappa shape index (κ2) is 8.02. The topological polar surface area (TPSA) is 6.48 Å². The molecule has 0 N–H and O–H groups in total. The molecule has 0 unspecified atom stereocenters. The highest BCUT2D eigenvalue weighted by Crippen LogP contribution is 2.51. The van der Waals surface area contributed by atoms with Crippen molar-refractivity contribution in [1.82, 2.24) is 0 Å². The van der Waals surface area contributed by atoms with Crippen molar-refractivity contribution in [2.24, 2.45) is 0 Å². The summed E-state index contributed by atoms with van der Waals surface area (Å²) in [7, 11) is 0. The predicted octanol–water partition coefficient (Wildman–Crippen LogP) is 8.65. The SMILES string of the molecule is S=C1c2cccc3cccc(c23)C(=S)N1c1ccc(N2c3ccccc3Sc3ccccc32)cc1. The lowest BCUT2D eigenvalue weighted by Gasteiger charge is -2.34. The van der Waals surface area contributed by atoms with Crippen molar-refractivity contribution in [3.63, 3.8) is 0 Å². The standard InChI is InChI=1S/C30H18N2S3/c33-29-22-9-5-7-19-8-6-10-23(28(19)22)30(34)32(29)21-17-15-20(16-18-21)31-24-11-1-3-13-26(24)35-27-14-4-2-12-25(27)31/h1-18H. The fourth-order valence-corrected chi connectivity index (χ4v) is 6.85. The molecule has 0 aliphatic carbocycles. The molecule has 0 spiro atoms. The van der Waals surface area contributed by atoms with Gasteiger partial charge in [-0.3, -0.25) is 4.90 Å². The fourth-order valence-electron chi connectivity index (χ4n) is 5.00. The van der Waals surface area contributed by atoms with Crippen LogP contribution in [0.4, 0.5) is 22.7 Å². The molecule has 0 amide bonds. The molecule has 2 aliphatic heterocycles. The Balaban J connectivity index is 1.32. The summed E-state index contributed by atoms with van der Waals surface area (Å²) in [5.74, 6) is 0. The Morgan fingerprint density at radius 2 is 0.971 bits per heavy atom. The van der Waals surface area contributed by atoms with Crippen LogP contribution in [0, 0.1) is 0 Å². The molecular weight excluding hydrogens is 485 g/mol. The summed E-state index contributed by atoms with van der Waals surface area (Å²) in [6, 6.07) is 38.2. The Morgan fingerprint density at radius 1 is 0.486 bits per heavy atom. The van der Waals surface area contributed by atoms with Crippen LogP contribution in [0.25, 0.3) is 10.8 Å². The summed E-state index contributed by atoms with van der Waals surface area (Å²) in [5, 5.41) is 2.32. The first-order chi connectivity index (χ1) is 17.2. The van der Waals surface area contributed by atoms with Gasteiger partial charge < -0.3 is 4.90 Å². The zero-order valence-corrected chi connectivity index (χ0v) is 21.0. The number of hydrogen-bond acceptors (Lipinski definition) is 4. The molecule has 0 saturated carbocycles. The average Bonchev–Trinajstić information content (AvgIpc) is 2.91. The fraction of sp³-hybridized carbons (Fsp3) is 0. The summed E-state index contributed by atoms with van der Waals surface area (Å²) >= 11 is 13.7. The lowest BCUT2D eigenvalue weighted by Crippen LogP contribution is -2.39. The number of hydrogen-bond donors (Lipinski definition) is 0. The zero-order chi connectivity index (χ0) is 23.5. The van der Waals surface area contributed by atoms with E-state index in [1.54, 1.807) is 0 Å². The number of benzene rings is 5. The van der Waals surface area contributed by atoms with Gasteiger partial charge in [0.25, 0.3) is 0 Å². The van der Waals surface area contributed by atoms with Gasteiger partial charge in [0.05, 0.1) is 11.4 Å². The van der Waals surface area contributed by atoms with Gasteiger partial charge in [0.2, 0.25) is 0 Å². The van der Waals surface area contributed by atoms with Crippen LogP contribution < -0.4 is 9.80 Å². The Kier molecular flexibility index (Phi) is 4.77. The van der Waals surface area contributed by atoms with Gasteiger partial charge in [-0.05, 0) is 53.9 Å². The minimum absolute atomic E-state index is 0.747. The molecule has 5 aromatic rings. The summed E-state index contributed by atoms with van der Waals surface area (Å²) in [6.07, 6.45) is 0. The molecule has 2 nitrogen and oxygen atoms in total. The maximum Gasteiger partial charge on any atom is 0.119 e. The minimum Gasteiger partial charge on any atom is -0.308 e. The molecule has 7 rings (SSSR count). The zero-order valence-electron chi connectivity index (χ0n) is 18.5. The largest absolute Gasteiger partial charge is 0.308 e. The average molecular weight is 503 g/mol. The summed E-state index contributed by atoms with van der Waals surface area (Å²) in [4.78, 5) is 8.35. The van der Waals surface area contributed by atoms with Gasteiger partial charge in [0.15, 0.2) is 0 Å². The molecule has 0 aromatic heterocycles. The molecular formula is C30H18N2S3. The third-order valence-electron chi connectivity index (χ3n) is 6.57. The van der Waals surface area contributed by atoms with E-state index in [0.29, 0.717) is 0 Å². The van der Waals surface area contributed by atoms with Crippen LogP contribution in [0.15, 0.2) is 119 Å². The van der Waals surface area contributed by atoms with Gasteiger partial charge in [-0.15, -0.1) is 0 Å². The Bertz CT molecular complexity index is 1580. The van der Waals surface area contributed by atoms with E-state index in [4.69, 9.17) is 24.4 Å². The molecule has 0 radical (unpaired) electrons. The summed E-state index contributed by atoms with van der Waals surface area (Å²) in [5.41, 5.74) is 6.57. The summed E-state index contributed by atoms with van der Waals surface area (Å²) in [6.45, 7) is 0. The highest BCUT2D eigenvalue weighted by molar-refractivity contribution is 7.99. The van der Waals surface area contributed by atoms with Gasteiger partial charge in [-0.1, -0.05) is 96.9 Å². The van der Waals surface area contributed by atoms with Crippen LogP contribution in [0.3, 0.4) is 0 Å². The van der Waals surface area contributed by atoms with Crippen molar-refractivity contribution >= 4 is 79.7 Å². The second-order valence-electron chi connectivity index (χ2n) is 8.54. The first kappa shape index (κ1) is 20.8. The van der Waals surface area contributed by atoms with Crippen molar-refractivity contribution in [2.75, 3.05) is 9.80 Å². The van der Waals surface area contributed by atoms with Gasteiger partial charge in [0.1, 0.15) is 9.98 Å². The Labute approximate surface area is 218 Å². The number of para-hydroxylation sites is 2. The van der Waals surface area contributed by atoms with E-state index < -0.39 is 0 Å². The van der Waals surface area contributed by atoms with Crippen LogP contribution in [0.5, 0.6) is 0 Å². The highest BCUT2D eigenvalue weighted by atomic mass is 32.2. The molecule has 0 atom stereocenters. The maximum atomic E-state index is 5.96. The third kappa shape index (κ3) is 3.16. The first-order valence-corrected chi connectivity index (χ1v) is 13.0. The normalized spacial score (nSPS) is 14.2. The van der Waals surface area contributed by atoms with E-state index in [1.807, 2.05) is 16.7 Å². The number of anilines is 4. The Hall–Kier alpha value is -3.51. The predicted molar refractivity (Wildman–Crippen MR) is 155 cm³/mol. The van der Waals surface area contributed by atoms with Crippen LogP contribution in [-0.2, 0) is 0 Å². The van der Waals surface area contributed by atoms with Gasteiger partial charge in [0, 0.05) is 37.7 Å². The highest BCUT2D eigenvalue weighted by Gasteiger charge is 2.29. The molecule has 166 valence electrons. The quantitative estimate of drug-likeness (QED) is 0.218. The van der Waals surface area contributed by atoms with Gasteiger partial charge in [-0.2, -0.15) is 0 Å². The molecule has 5 aromatic carbocycles. The minimum atomic E-state index is 0.747. The van der Waals surface area contributed by atoms with E-state index in [2.05, 4.69) is 114 Å². The molecule has 2 heterocycles. The number of fused-ring (bicyclic) bond motifs is 2. The first-order valence-electron chi connectivity index (χ1n) is 11.4. The van der Waals surface area contributed by atoms with E-state index in [1.165, 1.54) is 26.6 Å². The van der Waals surface area contributed by atoms with Crippen molar-refractivity contribution in [3.05, 3.63) is 120 Å². The van der Waals surface area contributed by atoms with Crippen LogP contribution in [-0.4, -0.2) is 9.98 Å². The van der Waals surface area contributed by atoms with Crippen LogP contribution >= 0.6 is 36.2 Å². The van der Waals surface area contributed by atoms with E-state index >= 15 is 0 Å². The molecule has 0 fully saturated rings. The third-order valence-corrected chi connectivity index (χ3v) is 8.51. The van der Waals surface area contributed by atoms with Crippen molar-refractivity contribution < 1.29 is 0 Å². The molecule has 5 heteroatoms. The van der Waals surface area contributed by atoms with Crippen molar-refractivity contribution in [2.45, 2.75) is 9.79 Å². The van der Waals surface area contributed by atoms with Gasteiger partial charge in [-0.25, -0.2) is 0 Å². The molecule has 35 heavy (non-hydrogen) atoms. The van der Waals surface area contributed by atoms with E-state index in [0.717, 1.165) is 37.9 Å². The van der Waals surface area contributed by atoms with E-state index in [9.17, 15) is 0 Å². The second-order valence-corrected chi connectivity index (χ2v) is 10.4. The maximum absolute atomic E-state index is 5.96. The lowest BCUT2D eigenvalue weighted by atomic mass is 9.94. The summed E-state index contributed by atoms with van der Waals surface area (Å²) < 4.78 is 0. The van der Waals surface area contributed by atoms with Gasteiger partial charge >= 0.3 is 0 Å². The number of nitrogens with zero attached hydrogens (tertiary/aromatic N) is 2. The van der Waals surface area contributed by atoms with Crippen molar-refractivity contribution in [3.8, 4) is 0 Å². The van der Waals surface area contributed by atoms with Crippen LogP contribution in [0.1, 0.15) is 11.1 Å². The smallest absolute Gasteiger partial charge is 0.119 e.